The third kappa shape index (κ3) is 2.36. The second-order valence-electron chi connectivity index (χ2n) is 4.89. The Morgan fingerprint density at radius 3 is 2.45 bits per heavy atom. The largest absolute Gasteiger partial charge is 0.340 e. The number of nitrogens with one attached hydrogen (secondary N) is 1. The molecule has 20 heavy (non-hydrogen) atoms. The number of H-pyrrole nitrogens is 1. The lowest BCUT2D eigenvalue weighted by molar-refractivity contribution is 0.801. The van der Waals surface area contributed by atoms with Gasteiger partial charge in [0.15, 0.2) is 0 Å². The van der Waals surface area contributed by atoms with Crippen molar-refractivity contribution in [3.8, 4) is 11.3 Å². The van der Waals surface area contributed by atoms with Crippen molar-refractivity contribution in [1.29, 1.82) is 0 Å². The molecule has 0 aliphatic heterocycles. The number of aromatic amines is 1. The molecule has 0 amide bonds. The Kier molecular flexibility index (Phi) is 3.35. The smallest absolute Gasteiger partial charge is 0.128 e. The van der Waals surface area contributed by atoms with Crippen molar-refractivity contribution >= 4 is 0 Å². The molecule has 100 valence electrons. The zero-order chi connectivity index (χ0) is 13.9. The molecule has 1 aromatic heterocycles. The van der Waals surface area contributed by atoms with Gasteiger partial charge in [0.25, 0.3) is 0 Å². The van der Waals surface area contributed by atoms with Crippen LogP contribution in [0.1, 0.15) is 23.0 Å². The van der Waals surface area contributed by atoms with Crippen molar-refractivity contribution in [2.24, 2.45) is 5.73 Å². The van der Waals surface area contributed by atoms with E-state index in [9.17, 15) is 0 Å². The molecule has 0 radical (unpaired) electrons. The number of hydrogen-bond acceptors (Lipinski definition) is 2. The van der Waals surface area contributed by atoms with Crippen LogP contribution in [0.4, 0.5) is 0 Å². The Balaban J connectivity index is 1.93. The summed E-state index contributed by atoms with van der Waals surface area (Å²) in [6.45, 7) is 2.09. The molecule has 3 heteroatoms. The Morgan fingerprint density at radius 1 is 1.00 bits per heavy atom. The van der Waals surface area contributed by atoms with Gasteiger partial charge in [-0.2, -0.15) is 0 Å². The predicted molar refractivity (Wildman–Crippen MR) is 81.2 cm³/mol. The standard InChI is InChI=1S/C17H17N3/c1-12-7-5-6-10-14(12)15-11-19-17(20-15)16(18)13-8-3-2-4-9-13/h2-11,16H,18H2,1H3,(H,19,20). The molecule has 0 bridgehead atoms. The second kappa shape index (κ2) is 5.31. The normalized spacial score (nSPS) is 12.3. The van der Waals surface area contributed by atoms with Crippen LogP contribution in [0.5, 0.6) is 0 Å². The number of imidazole rings is 1. The molecule has 2 aromatic carbocycles. The lowest BCUT2D eigenvalue weighted by Crippen LogP contribution is -2.13. The number of benzene rings is 2. The summed E-state index contributed by atoms with van der Waals surface area (Å²) in [5.41, 5.74) is 10.7. The van der Waals surface area contributed by atoms with Gasteiger partial charge >= 0.3 is 0 Å². The molecular weight excluding hydrogens is 246 g/mol. The van der Waals surface area contributed by atoms with Crippen molar-refractivity contribution < 1.29 is 0 Å². The maximum Gasteiger partial charge on any atom is 0.128 e. The van der Waals surface area contributed by atoms with Gasteiger partial charge in [0.2, 0.25) is 0 Å². The summed E-state index contributed by atoms with van der Waals surface area (Å²) in [7, 11) is 0. The minimum Gasteiger partial charge on any atom is -0.340 e. The van der Waals surface area contributed by atoms with Gasteiger partial charge in [-0.15, -0.1) is 0 Å². The van der Waals surface area contributed by atoms with E-state index in [-0.39, 0.29) is 6.04 Å². The highest BCUT2D eigenvalue weighted by Gasteiger charge is 2.13. The summed E-state index contributed by atoms with van der Waals surface area (Å²) in [4.78, 5) is 7.76. The van der Waals surface area contributed by atoms with Gasteiger partial charge in [-0.05, 0) is 18.1 Å². The highest BCUT2D eigenvalue weighted by Crippen LogP contribution is 2.24. The van der Waals surface area contributed by atoms with E-state index in [2.05, 4.69) is 29.0 Å². The topological polar surface area (TPSA) is 54.7 Å². The summed E-state index contributed by atoms with van der Waals surface area (Å²) in [6.07, 6.45) is 1.85. The van der Waals surface area contributed by atoms with Gasteiger partial charge in [-0.25, -0.2) is 4.98 Å². The van der Waals surface area contributed by atoms with Crippen LogP contribution in [-0.2, 0) is 0 Å². The number of rotatable bonds is 3. The minimum absolute atomic E-state index is 0.228. The molecule has 0 saturated carbocycles. The lowest BCUT2D eigenvalue weighted by Gasteiger charge is -2.09. The minimum atomic E-state index is -0.228. The van der Waals surface area contributed by atoms with E-state index in [1.165, 1.54) is 5.56 Å². The molecule has 0 aliphatic rings. The van der Waals surface area contributed by atoms with Crippen molar-refractivity contribution in [2.75, 3.05) is 0 Å². The van der Waals surface area contributed by atoms with Crippen LogP contribution >= 0.6 is 0 Å². The van der Waals surface area contributed by atoms with Crippen molar-refractivity contribution in [1.82, 2.24) is 9.97 Å². The van der Waals surface area contributed by atoms with Crippen molar-refractivity contribution in [3.05, 3.63) is 77.7 Å². The highest BCUT2D eigenvalue weighted by molar-refractivity contribution is 5.62. The summed E-state index contributed by atoms with van der Waals surface area (Å²) in [6, 6.07) is 18.0. The summed E-state index contributed by atoms with van der Waals surface area (Å²) in [5.74, 6) is 0.787. The molecule has 3 rings (SSSR count). The van der Waals surface area contributed by atoms with Gasteiger partial charge in [0, 0.05) is 5.56 Å². The fraction of sp³-hybridized carbons (Fsp3) is 0.118. The molecule has 3 nitrogen and oxygen atoms in total. The Labute approximate surface area is 118 Å². The SMILES string of the molecule is Cc1ccccc1-c1cnc(C(N)c2ccccc2)[nH]1. The van der Waals surface area contributed by atoms with Crippen molar-refractivity contribution in [2.45, 2.75) is 13.0 Å². The first kappa shape index (κ1) is 12.6. The Hall–Kier alpha value is -2.39. The predicted octanol–water partition coefficient (Wildman–Crippen LogP) is 3.43. The number of aromatic nitrogens is 2. The average molecular weight is 263 g/mol. The van der Waals surface area contributed by atoms with E-state index in [0.29, 0.717) is 0 Å². The number of aryl methyl sites for hydroxylation is 1. The fourth-order valence-electron chi connectivity index (χ4n) is 2.32. The average Bonchev–Trinajstić information content (AvgIpc) is 2.97. The molecule has 3 N–H and O–H groups in total. The molecule has 1 atom stereocenters. The van der Waals surface area contributed by atoms with Gasteiger partial charge in [-0.3, -0.25) is 0 Å². The van der Waals surface area contributed by atoms with Crippen LogP contribution in [0.3, 0.4) is 0 Å². The molecular formula is C17H17N3. The third-order valence-corrected chi connectivity index (χ3v) is 3.48. The first-order chi connectivity index (χ1) is 9.75. The summed E-state index contributed by atoms with van der Waals surface area (Å²) < 4.78 is 0. The fourth-order valence-corrected chi connectivity index (χ4v) is 2.32. The molecule has 1 unspecified atom stereocenters. The van der Waals surface area contributed by atoms with E-state index in [1.807, 2.05) is 48.7 Å². The monoisotopic (exact) mass is 263 g/mol. The number of hydrogen-bond donors (Lipinski definition) is 2. The van der Waals surface area contributed by atoms with Crippen LogP contribution < -0.4 is 5.73 Å². The van der Waals surface area contributed by atoms with Crippen LogP contribution in [0.15, 0.2) is 60.8 Å². The zero-order valence-corrected chi connectivity index (χ0v) is 11.4. The van der Waals surface area contributed by atoms with Gasteiger partial charge in [-0.1, -0.05) is 54.6 Å². The van der Waals surface area contributed by atoms with E-state index < -0.39 is 0 Å². The maximum absolute atomic E-state index is 6.25. The number of nitrogens with zero attached hydrogens (tertiary/aromatic N) is 1. The molecule has 3 aromatic rings. The first-order valence-electron chi connectivity index (χ1n) is 6.67. The molecule has 0 spiro atoms. The van der Waals surface area contributed by atoms with Crippen LogP contribution in [0.25, 0.3) is 11.3 Å². The highest BCUT2D eigenvalue weighted by atomic mass is 15.0. The zero-order valence-electron chi connectivity index (χ0n) is 11.4. The summed E-state index contributed by atoms with van der Waals surface area (Å²) >= 11 is 0. The van der Waals surface area contributed by atoms with E-state index >= 15 is 0 Å². The van der Waals surface area contributed by atoms with Gasteiger partial charge in [0.1, 0.15) is 5.82 Å². The van der Waals surface area contributed by atoms with E-state index in [1.54, 1.807) is 0 Å². The molecule has 0 aliphatic carbocycles. The second-order valence-corrected chi connectivity index (χ2v) is 4.89. The lowest BCUT2D eigenvalue weighted by atomic mass is 10.1. The van der Waals surface area contributed by atoms with E-state index in [4.69, 9.17) is 5.73 Å². The molecule has 0 saturated heterocycles. The molecule has 0 fully saturated rings. The van der Waals surface area contributed by atoms with E-state index in [0.717, 1.165) is 22.6 Å². The first-order valence-corrected chi connectivity index (χ1v) is 6.67. The maximum atomic E-state index is 6.25. The number of nitrogens with two attached hydrogens (primary N) is 1. The Bertz CT molecular complexity index is 701. The summed E-state index contributed by atoms with van der Waals surface area (Å²) in [5, 5.41) is 0. The quantitative estimate of drug-likeness (QED) is 0.760. The van der Waals surface area contributed by atoms with Gasteiger partial charge in [0.05, 0.1) is 17.9 Å². The Morgan fingerprint density at radius 2 is 1.70 bits per heavy atom. The molecule has 1 heterocycles. The van der Waals surface area contributed by atoms with Crippen molar-refractivity contribution in [3.63, 3.8) is 0 Å². The van der Waals surface area contributed by atoms with Crippen LogP contribution in [-0.4, -0.2) is 9.97 Å². The van der Waals surface area contributed by atoms with Crippen LogP contribution in [0, 0.1) is 6.92 Å². The third-order valence-electron chi connectivity index (χ3n) is 3.48. The van der Waals surface area contributed by atoms with Gasteiger partial charge < -0.3 is 10.7 Å². The van der Waals surface area contributed by atoms with Crippen LogP contribution in [0.2, 0.25) is 0 Å².